The minimum absolute atomic E-state index is 0.308. The van der Waals surface area contributed by atoms with Crippen molar-refractivity contribution in [2.75, 3.05) is 11.9 Å². The lowest BCUT2D eigenvalue weighted by Crippen LogP contribution is -2.31. The molecular weight excluding hydrogens is 348 g/mol. The molecule has 3 rings (SSSR count). The van der Waals surface area contributed by atoms with E-state index in [1.807, 2.05) is 49.4 Å². The van der Waals surface area contributed by atoms with Gasteiger partial charge in [0, 0.05) is 11.1 Å². The van der Waals surface area contributed by atoms with Crippen molar-refractivity contribution in [3.8, 4) is 0 Å². The Kier molecular flexibility index (Phi) is 5.54. The van der Waals surface area contributed by atoms with Gasteiger partial charge in [0.05, 0.1) is 6.54 Å². The number of amides is 1. The molecule has 0 aliphatic heterocycles. The maximum absolute atomic E-state index is 12.0. The standard InChI is InChI=1S/C20H22N2O3S/c1-15-5-7-16(8-6-15)11-12-26(24,25)21-14-20(23)22-19-10-9-17-3-2-4-18(17)13-19/h5-13,21H,2-4,14H2,1H3,(H,22,23). The van der Waals surface area contributed by atoms with E-state index in [0.29, 0.717) is 5.69 Å². The van der Waals surface area contributed by atoms with Crippen molar-refractivity contribution in [1.82, 2.24) is 4.72 Å². The smallest absolute Gasteiger partial charge is 0.239 e. The zero-order valence-corrected chi connectivity index (χ0v) is 15.5. The van der Waals surface area contributed by atoms with Gasteiger partial charge in [-0.15, -0.1) is 0 Å². The fourth-order valence-electron chi connectivity index (χ4n) is 2.91. The molecule has 2 aromatic carbocycles. The van der Waals surface area contributed by atoms with Crippen molar-refractivity contribution in [3.05, 3.63) is 70.1 Å². The molecule has 0 aromatic heterocycles. The average molecular weight is 370 g/mol. The molecule has 0 unspecified atom stereocenters. The first-order valence-corrected chi connectivity index (χ1v) is 10.1. The van der Waals surface area contributed by atoms with Gasteiger partial charge in [0.1, 0.15) is 0 Å². The summed E-state index contributed by atoms with van der Waals surface area (Å²) in [6.07, 6.45) is 4.74. The highest BCUT2D eigenvalue weighted by Crippen LogP contribution is 2.24. The molecule has 6 heteroatoms. The second kappa shape index (κ2) is 7.85. The summed E-state index contributed by atoms with van der Waals surface area (Å²) in [5, 5.41) is 3.80. The number of carbonyl (C=O) groups is 1. The maximum Gasteiger partial charge on any atom is 0.239 e. The molecule has 0 saturated carbocycles. The molecule has 2 N–H and O–H groups in total. The first-order valence-electron chi connectivity index (χ1n) is 8.57. The summed E-state index contributed by atoms with van der Waals surface area (Å²) in [5.74, 6) is -0.393. The van der Waals surface area contributed by atoms with Crippen LogP contribution in [0.4, 0.5) is 5.69 Å². The lowest BCUT2D eigenvalue weighted by molar-refractivity contribution is -0.115. The maximum atomic E-state index is 12.0. The van der Waals surface area contributed by atoms with Gasteiger partial charge >= 0.3 is 0 Å². The normalized spacial score (nSPS) is 13.7. The van der Waals surface area contributed by atoms with Crippen molar-refractivity contribution in [2.45, 2.75) is 26.2 Å². The molecular formula is C20H22N2O3S. The number of rotatable bonds is 6. The fraction of sp³-hybridized carbons (Fsp3) is 0.250. The number of benzene rings is 2. The second-order valence-corrected chi connectivity index (χ2v) is 8.12. The van der Waals surface area contributed by atoms with E-state index in [2.05, 4.69) is 10.0 Å². The number of hydrogen-bond acceptors (Lipinski definition) is 3. The van der Waals surface area contributed by atoms with Crippen molar-refractivity contribution in [1.29, 1.82) is 0 Å². The minimum atomic E-state index is -3.68. The van der Waals surface area contributed by atoms with E-state index in [1.165, 1.54) is 17.2 Å². The molecule has 1 aliphatic carbocycles. The van der Waals surface area contributed by atoms with Crippen LogP contribution >= 0.6 is 0 Å². The van der Waals surface area contributed by atoms with Crippen molar-refractivity contribution in [3.63, 3.8) is 0 Å². The molecule has 1 aliphatic rings. The van der Waals surface area contributed by atoms with Gasteiger partial charge in [0.2, 0.25) is 15.9 Å². The summed E-state index contributed by atoms with van der Waals surface area (Å²) in [4.78, 5) is 12.0. The first kappa shape index (κ1) is 18.4. The number of sulfonamides is 1. The molecule has 5 nitrogen and oxygen atoms in total. The monoisotopic (exact) mass is 370 g/mol. The highest BCUT2D eigenvalue weighted by Gasteiger charge is 2.13. The van der Waals surface area contributed by atoms with Gasteiger partial charge < -0.3 is 5.32 Å². The van der Waals surface area contributed by atoms with Crippen LogP contribution in [0.2, 0.25) is 0 Å². The number of anilines is 1. The summed E-state index contributed by atoms with van der Waals surface area (Å²) in [7, 11) is -3.68. The topological polar surface area (TPSA) is 75.3 Å². The highest BCUT2D eigenvalue weighted by molar-refractivity contribution is 7.92. The zero-order chi connectivity index (χ0) is 18.6. The van der Waals surface area contributed by atoms with Crippen LogP contribution in [0.1, 0.15) is 28.7 Å². The molecule has 0 radical (unpaired) electrons. The van der Waals surface area contributed by atoms with E-state index in [4.69, 9.17) is 0 Å². The Labute approximate surface area is 154 Å². The molecule has 26 heavy (non-hydrogen) atoms. The largest absolute Gasteiger partial charge is 0.325 e. The Hall–Kier alpha value is -2.44. The summed E-state index contributed by atoms with van der Waals surface area (Å²) in [6, 6.07) is 13.3. The predicted molar refractivity (Wildman–Crippen MR) is 104 cm³/mol. The van der Waals surface area contributed by atoms with Gasteiger partial charge in [0.15, 0.2) is 0 Å². The van der Waals surface area contributed by atoms with Gasteiger partial charge in [0.25, 0.3) is 0 Å². The van der Waals surface area contributed by atoms with Crippen molar-refractivity contribution >= 4 is 27.7 Å². The molecule has 0 spiro atoms. The molecule has 0 bridgehead atoms. The van der Waals surface area contributed by atoms with E-state index >= 15 is 0 Å². The van der Waals surface area contributed by atoms with Crippen LogP contribution in [-0.2, 0) is 27.7 Å². The number of fused-ring (bicyclic) bond motifs is 1. The van der Waals surface area contributed by atoms with E-state index < -0.39 is 15.9 Å². The van der Waals surface area contributed by atoms with Gasteiger partial charge in [-0.05, 0) is 61.1 Å². The summed E-state index contributed by atoms with van der Waals surface area (Å²) < 4.78 is 26.3. The summed E-state index contributed by atoms with van der Waals surface area (Å²) >= 11 is 0. The fourth-order valence-corrected chi connectivity index (χ4v) is 3.68. The Bertz CT molecular complexity index is 932. The number of hydrogen-bond donors (Lipinski definition) is 2. The zero-order valence-electron chi connectivity index (χ0n) is 14.7. The molecule has 0 heterocycles. The van der Waals surface area contributed by atoms with Gasteiger partial charge in [-0.2, -0.15) is 0 Å². The van der Waals surface area contributed by atoms with Crippen molar-refractivity contribution < 1.29 is 13.2 Å². The minimum Gasteiger partial charge on any atom is -0.325 e. The molecule has 0 atom stereocenters. The third-order valence-corrected chi connectivity index (χ3v) is 5.37. The van der Waals surface area contributed by atoms with Gasteiger partial charge in [-0.1, -0.05) is 35.9 Å². The first-order chi connectivity index (χ1) is 12.4. The van der Waals surface area contributed by atoms with Crippen molar-refractivity contribution in [2.24, 2.45) is 0 Å². The molecule has 2 aromatic rings. The molecule has 0 fully saturated rings. The quantitative estimate of drug-likeness (QED) is 0.821. The Morgan fingerprint density at radius 2 is 1.81 bits per heavy atom. The Morgan fingerprint density at radius 3 is 2.58 bits per heavy atom. The Balaban J connectivity index is 1.53. The van der Waals surface area contributed by atoms with Crippen LogP contribution in [0.3, 0.4) is 0 Å². The SMILES string of the molecule is Cc1ccc(C=CS(=O)(=O)NCC(=O)Nc2ccc3c(c2)CCC3)cc1. The van der Waals surface area contributed by atoms with Crippen LogP contribution < -0.4 is 10.0 Å². The Morgan fingerprint density at radius 1 is 1.08 bits per heavy atom. The van der Waals surface area contributed by atoms with E-state index in [9.17, 15) is 13.2 Å². The third-order valence-electron chi connectivity index (χ3n) is 4.33. The average Bonchev–Trinajstić information content (AvgIpc) is 3.07. The van der Waals surface area contributed by atoms with E-state index in [0.717, 1.165) is 35.8 Å². The van der Waals surface area contributed by atoms with Crippen LogP contribution in [-0.4, -0.2) is 20.9 Å². The summed E-state index contributed by atoms with van der Waals surface area (Å²) in [5.41, 5.74) is 5.16. The molecule has 0 saturated heterocycles. The van der Waals surface area contributed by atoms with Crippen LogP contribution in [0.25, 0.3) is 6.08 Å². The number of aryl methyl sites for hydroxylation is 3. The number of carbonyl (C=O) groups excluding carboxylic acids is 1. The molecule has 1 amide bonds. The lowest BCUT2D eigenvalue weighted by Gasteiger charge is -2.08. The van der Waals surface area contributed by atoms with Crippen LogP contribution in [0.15, 0.2) is 47.9 Å². The predicted octanol–water partition coefficient (Wildman–Crippen LogP) is 3.01. The summed E-state index contributed by atoms with van der Waals surface area (Å²) in [6.45, 7) is 1.66. The van der Waals surface area contributed by atoms with Crippen LogP contribution in [0, 0.1) is 6.92 Å². The van der Waals surface area contributed by atoms with Gasteiger partial charge in [-0.25, -0.2) is 13.1 Å². The van der Waals surface area contributed by atoms with Gasteiger partial charge in [-0.3, -0.25) is 4.79 Å². The highest BCUT2D eigenvalue weighted by atomic mass is 32.2. The lowest BCUT2D eigenvalue weighted by atomic mass is 10.1. The van der Waals surface area contributed by atoms with Crippen LogP contribution in [0.5, 0.6) is 0 Å². The van der Waals surface area contributed by atoms with E-state index in [1.54, 1.807) is 0 Å². The number of nitrogens with one attached hydrogen (secondary N) is 2. The second-order valence-electron chi connectivity index (χ2n) is 6.46. The third kappa shape index (κ3) is 5.03. The van der Waals surface area contributed by atoms with E-state index in [-0.39, 0.29) is 6.54 Å². The molecule has 136 valence electrons.